The first-order valence-corrected chi connectivity index (χ1v) is 26.5. The Morgan fingerprint density at radius 3 is 1.35 bits per heavy atom. The van der Waals surface area contributed by atoms with Crippen molar-refractivity contribution < 1.29 is 56.8 Å². The molecular formula is C49H90O12S. The first kappa shape index (κ1) is 58.1. The van der Waals surface area contributed by atoms with Crippen molar-refractivity contribution in [1.29, 1.82) is 0 Å². The predicted octanol–water partition coefficient (Wildman–Crippen LogP) is 10.8. The summed E-state index contributed by atoms with van der Waals surface area (Å²) in [5.41, 5.74) is 0. The van der Waals surface area contributed by atoms with Crippen molar-refractivity contribution in [2.45, 2.75) is 256 Å². The molecule has 0 saturated carbocycles. The van der Waals surface area contributed by atoms with Crippen LogP contribution in [0.5, 0.6) is 0 Å². The van der Waals surface area contributed by atoms with Gasteiger partial charge in [-0.05, 0) is 64.2 Å². The lowest BCUT2D eigenvalue weighted by atomic mass is 10.00. The van der Waals surface area contributed by atoms with Gasteiger partial charge >= 0.3 is 11.9 Å². The number of hydrogen-bond acceptors (Lipinski definition) is 11. The molecule has 0 aromatic heterocycles. The fourth-order valence-electron chi connectivity index (χ4n) is 7.61. The molecule has 0 aromatic carbocycles. The summed E-state index contributed by atoms with van der Waals surface area (Å²) < 4.78 is 54.1. The molecule has 0 aromatic rings. The van der Waals surface area contributed by atoms with E-state index in [1.54, 1.807) is 0 Å². The first-order chi connectivity index (χ1) is 30.0. The van der Waals surface area contributed by atoms with E-state index >= 15 is 0 Å². The second kappa shape index (κ2) is 39.5. The van der Waals surface area contributed by atoms with Crippen LogP contribution < -0.4 is 0 Å². The van der Waals surface area contributed by atoms with E-state index in [1.807, 2.05) is 0 Å². The maximum atomic E-state index is 12.9. The van der Waals surface area contributed by atoms with Gasteiger partial charge in [0.25, 0.3) is 10.1 Å². The van der Waals surface area contributed by atoms with E-state index in [2.05, 4.69) is 38.2 Å². The molecule has 0 aliphatic carbocycles. The third-order valence-electron chi connectivity index (χ3n) is 11.5. The molecule has 1 rings (SSSR count). The predicted molar refractivity (Wildman–Crippen MR) is 247 cm³/mol. The van der Waals surface area contributed by atoms with Crippen LogP contribution in [0.2, 0.25) is 0 Å². The highest BCUT2D eigenvalue weighted by Gasteiger charge is 2.46. The second-order valence-electron chi connectivity index (χ2n) is 17.5. The van der Waals surface area contributed by atoms with Gasteiger partial charge < -0.3 is 34.3 Å². The summed E-state index contributed by atoms with van der Waals surface area (Å²) in [4.78, 5) is 25.4. The SMILES string of the molecule is CCCCCCCC/C=C/CCCCCCCCCCCCCC(=O)O[C@H](COC(=O)CCCCC/C=C/CCCCCCCC)CO[C@H]1O[C@H](CS(=O)(=O)O)[C@@H](O)C(O)C1O. The average Bonchev–Trinajstić information content (AvgIpc) is 3.24. The summed E-state index contributed by atoms with van der Waals surface area (Å²) in [5.74, 6) is -1.99. The van der Waals surface area contributed by atoms with E-state index in [-0.39, 0.29) is 19.4 Å². The van der Waals surface area contributed by atoms with Crippen LogP contribution in [0.4, 0.5) is 0 Å². The zero-order valence-corrected chi connectivity index (χ0v) is 39.8. The summed E-state index contributed by atoms with van der Waals surface area (Å²) >= 11 is 0. The number of carbonyl (C=O) groups is 2. The fraction of sp³-hybridized carbons (Fsp3) is 0.878. The molecular weight excluding hydrogens is 813 g/mol. The summed E-state index contributed by atoms with van der Waals surface area (Å²) in [7, 11) is -4.60. The lowest BCUT2D eigenvalue weighted by Crippen LogP contribution is -2.60. The highest BCUT2D eigenvalue weighted by atomic mass is 32.2. The van der Waals surface area contributed by atoms with Crippen LogP contribution in [0.15, 0.2) is 24.3 Å². The molecule has 62 heavy (non-hydrogen) atoms. The van der Waals surface area contributed by atoms with Crippen LogP contribution in [-0.4, -0.2) is 96.0 Å². The van der Waals surface area contributed by atoms with Crippen LogP contribution in [-0.2, 0) is 38.7 Å². The highest BCUT2D eigenvalue weighted by Crippen LogP contribution is 2.24. The first-order valence-electron chi connectivity index (χ1n) is 24.9. The average molecular weight is 903 g/mol. The van der Waals surface area contributed by atoms with Gasteiger partial charge in [-0.25, -0.2) is 0 Å². The molecule has 364 valence electrons. The molecule has 1 fully saturated rings. The Bertz CT molecular complexity index is 1240. The van der Waals surface area contributed by atoms with Crippen molar-refractivity contribution in [2.75, 3.05) is 19.0 Å². The number of carbonyl (C=O) groups excluding carboxylic acids is 2. The minimum atomic E-state index is -4.60. The molecule has 1 heterocycles. The van der Waals surface area contributed by atoms with Gasteiger partial charge in [-0.2, -0.15) is 8.42 Å². The molecule has 0 spiro atoms. The van der Waals surface area contributed by atoms with Crippen molar-refractivity contribution in [1.82, 2.24) is 0 Å². The maximum absolute atomic E-state index is 12.9. The van der Waals surface area contributed by atoms with Crippen LogP contribution >= 0.6 is 0 Å². The van der Waals surface area contributed by atoms with Gasteiger partial charge in [-0.3, -0.25) is 14.1 Å². The number of esters is 2. The van der Waals surface area contributed by atoms with Gasteiger partial charge in [0.15, 0.2) is 12.4 Å². The Morgan fingerprint density at radius 1 is 0.532 bits per heavy atom. The van der Waals surface area contributed by atoms with E-state index in [0.717, 1.165) is 44.9 Å². The monoisotopic (exact) mass is 903 g/mol. The number of aliphatic hydroxyl groups is 3. The van der Waals surface area contributed by atoms with E-state index < -0.39 is 71.2 Å². The Hall–Kier alpha value is -1.87. The molecule has 0 bridgehead atoms. The summed E-state index contributed by atoms with van der Waals surface area (Å²) in [6.07, 6.45) is 35.1. The van der Waals surface area contributed by atoms with Crippen molar-refractivity contribution in [3.63, 3.8) is 0 Å². The number of allylic oxidation sites excluding steroid dienone is 4. The van der Waals surface area contributed by atoms with Crippen molar-refractivity contribution in [3.8, 4) is 0 Å². The molecule has 2 unspecified atom stereocenters. The van der Waals surface area contributed by atoms with E-state index in [9.17, 15) is 37.9 Å². The maximum Gasteiger partial charge on any atom is 0.306 e. The molecule has 4 N–H and O–H groups in total. The van der Waals surface area contributed by atoms with Gasteiger partial charge in [0.2, 0.25) is 0 Å². The number of rotatable bonds is 42. The van der Waals surface area contributed by atoms with Crippen molar-refractivity contribution >= 4 is 22.1 Å². The molecule has 0 amide bonds. The molecule has 1 aliphatic rings. The Kier molecular flexibility index (Phi) is 37.0. The summed E-state index contributed by atoms with van der Waals surface area (Å²) in [5, 5.41) is 30.9. The van der Waals surface area contributed by atoms with Crippen molar-refractivity contribution in [3.05, 3.63) is 24.3 Å². The smallest absolute Gasteiger partial charge is 0.306 e. The summed E-state index contributed by atoms with van der Waals surface area (Å²) in [6, 6.07) is 0. The molecule has 1 saturated heterocycles. The molecule has 1 aliphatic heterocycles. The van der Waals surface area contributed by atoms with E-state index in [1.165, 1.54) is 135 Å². The summed E-state index contributed by atoms with van der Waals surface area (Å²) in [6.45, 7) is 3.75. The van der Waals surface area contributed by atoms with Crippen LogP contribution in [0.25, 0.3) is 0 Å². The van der Waals surface area contributed by atoms with Crippen LogP contribution in [0.1, 0.15) is 219 Å². The third-order valence-corrected chi connectivity index (χ3v) is 12.3. The third kappa shape index (κ3) is 33.6. The quantitative estimate of drug-likeness (QED) is 0.0197. The zero-order valence-electron chi connectivity index (χ0n) is 39.0. The second-order valence-corrected chi connectivity index (χ2v) is 19.0. The number of unbranched alkanes of at least 4 members (excludes halogenated alkanes) is 26. The topological polar surface area (TPSA) is 186 Å². The minimum absolute atomic E-state index is 0.163. The lowest BCUT2D eigenvalue weighted by Gasteiger charge is -2.40. The molecule has 13 heteroatoms. The van der Waals surface area contributed by atoms with E-state index in [4.69, 9.17) is 18.9 Å². The zero-order chi connectivity index (χ0) is 45.5. The Labute approximate surface area is 377 Å². The normalized spacial score (nSPS) is 20.0. The van der Waals surface area contributed by atoms with Gasteiger partial charge in [0, 0.05) is 12.8 Å². The number of hydrogen-bond donors (Lipinski definition) is 4. The largest absolute Gasteiger partial charge is 0.462 e. The molecule has 12 nitrogen and oxygen atoms in total. The Morgan fingerprint density at radius 2 is 0.919 bits per heavy atom. The molecule has 0 radical (unpaired) electrons. The number of aliphatic hydroxyl groups excluding tert-OH is 3. The van der Waals surface area contributed by atoms with Crippen molar-refractivity contribution in [2.24, 2.45) is 0 Å². The molecule has 6 atom stereocenters. The van der Waals surface area contributed by atoms with Gasteiger partial charge in [-0.15, -0.1) is 0 Å². The van der Waals surface area contributed by atoms with Gasteiger partial charge in [-0.1, -0.05) is 167 Å². The standard InChI is InChI=1S/C49H90O12S/c1-3-5-7-9-11-13-15-17-18-19-20-21-22-23-24-26-28-30-32-34-36-38-45(51)60-42(40-59-49-48(54)47(53)46(52)43(61-49)41-62(55,56)57)39-58-44(50)37-35-33-31-29-27-25-16-14-12-10-8-6-4-2/h17-18,25,27,42-43,46-49,52-54H,3-16,19-24,26,28-41H2,1-2H3,(H,55,56,57)/b18-17+,27-25+/t42-,43-,46-,47?,48?,49+/m1/s1. The highest BCUT2D eigenvalue weighted by molar-refractivity contribution is 7.85. The van der Waals surface area contributed by atoms with Gasteiger partial charge in [0.05, 0.1) is 6.61 Å². The minimum Gasteiger partial charge on any atom is -0.462 e. The fourth-order valence-corrected chi connectivity index (χ4v) is 8.30. The Balaban J connectivity index is 2.38. The van der Waals surface area contributed by atoms with Crippen LogP contribution in [0, 0.1) is 0 Å². The lowest BCUT2D eigenvalue weighted by molar-refractivity contribution is -0.297. The van der Waals surface area contributed by atoms with E-state index in [0.29, 0.717) is 12.8 Å². The van der Waals surface area contributed by atoms with Gasteiger partial charge in [0.1, 0.15) is 36.8 Å². The van der Waals surface area contributed by atoms with Crippen LogP contribution in [0.3, 0.4) is 0 Å². The number of ether oxygens (including phenoxy) is 4.